The summed E-state index contributed by atoms with van der Waals surface area (Å²) in [6.45, 7) is 6.15. The normalized spacial score (nSPS) is 28.2. The minimum atomic E-state index is -0.455. The van der Waals surface area contributed by atoms with Crippen LogP contribution < -0.4 is 10.6 Å². The van der Waals surface area contributed by atoms with E-state index in [0.717, 1.165) is 19.3 Å². The molecule has 1 aliphatic heterocycles. The van der Waals surface area contributed by atoms with Gasteiger partial charge in [0.2, 0.25) is 5.91 Å². The van der Waals surface area contributed by atoms with Crippen molar-refractivity contribution in [2.75, 3.05) is 13.2 Å². The Balaban J connectivity index is 2.81. The summed E-state index contributed by atoms with van der Waals surface area (Å²) in [5, 5.41) is 5.59. The molecule has 0 unspecified atom stereocenters. The highest BCUT2D eigenvalue weighted by atomic mass is 16.5. The Hall–Kier alpha value is -1.85. The van der Waals surface area contributed by atoms with Crippen LogP contribution >= 0.6 is 0 Å². The SMILES string of the molecule is C/C=C/[C@H]1CCCOC(=O)NCCCC[C@@H](C(C)=O)NC(=O)[C@@H]1C. The zero-order valence-corrected chi connectivity index (χ0v) is 15.0. The van der Waals surface area contributed by atoms with Gasteiger partial charge in [-0.1, -0.05) is 19.1 Å². The number of amides is 2. The van der Waals surface area contributed by atoms with E-state index >= 15 is 0 Å². The predicted octanol–water partition coefficient (Wildman–Crippen LogP) is 2.58. The van der Waals surface area contributed by atoms with E-state index in [2.05, 4.69) is 10.6 Å². The van der Waals surface area contributed by atoms with Crippen molar-refractivity contribution < 1.29 is 19.1 Å². The van der Waals surface area contributed by atoms with Crippen molar-refractivity contribution in [2.24, 2.45) is 11.8 Å². The highest BCUT2D eigenvalue weighted by Gasteiger charge is 2.25. The van der Waals surface area contributed by atoms with Crippen molar-refractivity contribution in [1.82, 2.24) is 10.6 Å². The zero-order chi connectivity index (χ0) is 17.9. The summed E-state index contributed by atoms with van der Waals surface area (Å²) in [6, 6.07) is -0.455. The first kappa shape index (κ1) is 20.2. The second-order valence-corrected chi connectivity index (χ2v) is 6.35. The monoisotopic (exact) mass is 338 g/mol. The number of carbonyl (C=O) groups is 3. The van der Waals surface area contributed by atoms with E-state index in [1.165, 1.54) is 6.92 Å². The van der Waals surface area contributed by atoms with Crippen LogP contribution in [0, 0.1) is 11.8 Å². The number of nitrogens with one attached hydrogen (secondary N) is 2. The number of carbonyl (C=O) groups excluding carboxylic acids is 3. The number of cyclic esters (lactones) is 1. The van der Waals surface area contributed by atoms with Crippen LogP contribution in [0.2, 0.25) is 0 Å². The standard InChI is InChI=1S/C18H30N2O4/c1-4-8-15-9-7-12-24-18(23)19-11-6-5-10-16(14(3)21)20-17(22)13(15)2/h4,8,13,15-16H,5-7,9-12H2,1-3H3,(H,19,23)(H,20,22)/b8-4+/t13-,15+,16+/m1/s1. The van der Waals surface area contributed by atoms with Gasteiger partial charge in [-0.05, 0) is 51.9 Å². The van der Waals surface area contributed by atoms with Gasteiger partial charge < -0.3 is 15.4 Å². The molecule has 1 rings (SSSR count). The fraction of sp³-hybridized carbons (Fsp3) is 0.722. The zero-order valence-electron chi connectivity index (χ0n) is 15.0. The second-order valence-electron chi connectivity index (χ2n) is 6.35. The van der Waals surface area contributed by atoms with Gasteiger partial charge in [0.1, 0.15) is 0 Å². The molecule has 2 amide bonds. The summed E-state index contributed by atoms with van der Waals surface area (Å²) >= 11 is 0. The number of hydrogen-bond donors (Lipinski definition) is 2. The maximum atomic E-state index is 12.5. The summed E-state index contributed by atoms with van der Waals surface area (Å²) in [4.78, 5) is 35.8. The first-order chi connectivity index (χ1) is 11.5. The number of ether oxygens (including phenoxy) is 1. The van der Waals surface area contributed by atoms with Crippen LogP contribution in [-0.4, -0.2) is 37.0 Å². The lowest BCUT2D eigenvalue weighted by molar-refractivity contribution is -0.130. The van der Waals surface area contributed by atoms with Gasteiger partial charge in [-0.2, -0.15) is 0 Å². The molecule has 6 heteroatoms. The average Bonchev–Trinajstić information content (AvgIpc) is 2.54. The molecule has 0 spiro atoms. The Morgan fingerprint density at radius 1 is 1.21 bits per heavy atom. The molecule has 2 N–H and O–H groups in total. The van der Waals surface area contributed by atoms with Gasteiger partial charge in [0.05, 0.1) is 12.6 Å². The van der Waals surface area contributed by atoms with Crippen LogP contribution in [0.25, 0.3) is 0 Å². The van der Waals surface area contributed by atoms with Crippen LogP contribution in [0.1, 0.15) is 52.9 Å². The maximum Gasteiger partial charge on any atom is 0.407 e. The van der Waals surface area contributed by atoms with Gasteiger partial charge >= 0.3 is 6.09 Å². The molecule has 0 aromatic rings. The highest BCUT2D eigenvalue weighted by Crippen LogP contribution is 2.20. The predicted molar refractivity (Wildman–Crippen MR) is 92.5 cm³/mol. The minimum absolute atomic E-state index is 0.0326. The van der Waals surface area contributed by atoms with Crippen LogP contribution in [0.15, 0.2) is 12.2 Å². The quantitative estimate of drug-likeness (QED) is 0.758. The average molecular weight is 338 g/mol. The highest BCUT2D eigenvalue weighted by molar-refractivity contribution is 5.88. The van der Waals surface area contributed by atoms with E-state index in [1.54, 1.807) is 0 Å². The molecule has 136 valence electrons. The first-order valence-electron chi connectivity index (χ1n) is 8.80. The molecular weight excluding hydrogens is 308 g/mol. The molecule has 0 aromatic heterocycles. The third kappa shape index (κ3) is 7.15. The van der Waals surface area contributed by atoms with Crippen LogP contribution in [0.3, 0.4) is 0 Å². The molecule has 0 radical (unpaired) electrons. The van der Waals surface area contributed by atoms with Crippen molar-refractivity contribution in [3.8, 4) is 0 Å². The van der Waals surface area contributed by atoms with E-state index in [4.69, 9.17) is 4.74 Å². The first-order valence-corrected chi connectivity index (χ1v) is 8.80. The number of hydrogen-bond acceptors (Lipinski definition) is 4. The van der Waals surface area contributed by atoms with E-state index < -0.39 is 12.1 Å². The molecule has 0 saturated carbocycles. The molecule has 1 heterocycles. The molecule has 0 aromatic carbocycles. The molecule has 0 bridgehead atoms. The van der Waals surface area contributed by atoms with Crippen LogP contribution in [-0.2, 0) is 14.3 Å². The Kier molecular flexibility index (Phi) is 9.12. The summed E-state index contributed by atoms with van der Waals surface area (Å²) in [7, 11) is 0. The summed E-state index contributed by atoms with van der Waals surface area (Å²) in [6.07, 6.45) is 7.04. The Bertz CT molecular complexity index is 462. The largest absolute Gasteiger partial charge is 0.450 e. The molecule has 1 aliphatic rings. The number of alkyl carbamates (subject to hydrolysis) is 1. The van der Waals surface area contributed by atoms with Crippen molar-refractivity contribution in [1.29, 1.82) is 0 Å². The second kappa shape index (κ2) is 10.8. The van der Waals surface area contributed by atoms with Gasteiger partial charge in [0.25, 0.3) is 0 Å². The van der Waals surface area contributed by atoms with Gasteiger partial charge in [-0.3, -0.25) is 9.59 Å². The number of Topliss-reactive ketones (excluding diaryl/α,β-unsaturated/α-hetero) is 1. The summed E-state index contributed by atoms with van der Waals surface area (Å²) < 4.78 is 5.14. The maximum absolute atomic E-state index is 12.5. The smallest absolute Gasteiger partial charge is 0.407 e. The summed E-state index contributed by atoms with van der Waals surface area (Å²) in [5.74, 6) is -0.306. The topological polar surface area (TPSA) is 84.5 Å². The van der Waals surface area contributed by atoms with Crippen molar-refractivity contribution in [3.05, 3.63) is 12.2 Å². The lowest BCUT2D eigenvalue weighted by atomic mass is 9.88. The Labute approximate surface area is 144 Å². The van der Waals surface area contributed by atoms with Gasteiger partial charge in [-0.25, -0.2) is 4.79 Å². The van der Waals surface area contributed by atoms with Crippen molar-refractivity contribution >= 4 is 17.8 Å². The fourth-order valence-corrected chi connectivity index (χ4v) is 2.83. The van der Waals surface area contributed by atoms with Gasteiger partial charge in [0.15, 0.2) is 5.78 Å². The molecule has 24 heavy (non-hydrogen) atoms. The third-order valence-corrected chi connectivity index (χ3v) is 4.41. The van der Waals surface area contributed by atoms with Gasteiger partial charge in [0, 0.05) is 12.5 Å². The van der Waals surface area contributed by atoms with E-state index in [9.17, 15) is 14.4 Å². The number of ketones is 1. The number of rotatable bonds is 2. The lowest BCUT2D eigenvalue weighted by Gasteiger charge is -2.23. The van der Waals surface area contributed by atoms with E-state index in [-0.39, 0.29) is 23.5 Å². The van der Waals surface area contributed by atoms with E-state index in [0.29, 0.717) is 26.0 Å². The van der Waals surface area contributed by atoms with E-state index in [1.807, 2.05) is 26.0 Å². The van der Waals surface area contributed by atoms with Crippen molar-refractivity contribution in [3.63, 3.8) is 0 Å². The van der Waals surface area contributed by atoms with Crippen molar-refractivity contribution in [2.45, 2.75) is 58.9 Å². The molecule has 3 atom stereocenters. The van der Waals surface area contributed by atoms with Gasteiger partial charge in [-0.15, -0.1) is 0 Å². The molecular formula is C18H30N2O4. The Morgan fingerprint density at radius 2 is 1.96 bits per heavy atom. The van der Waals surface area contributed by atoms with Crippen LogP contribution in [0.4, 0.5) is 4.79 Å². The minimum Gasteiger partial charge on any atom is -0.450 e. The third-order valence-electron chi connectivity index (χ3n) is 4.41. The number of allylic oxidation sites excluding steroid dienone is 2. The van der Waals surface area contributed by atoms with Crippen LogP contribution in [0.5, 0.6) is 0 Å². The lowest BCUT2D eigenvalue weighted by Crippen LogP contribution is -2.43. The molecule has 1 saturated heterocycles. The molecule has 6 nitrogen and oxygen atoms in total. The fourth-order valence-electron chi connectivity index (χ4n) is 2.83. The Morgan fingerprint density at radius 3 is 2.62 bits per heavy atom. The molecule has 1 fully saturated rings. The summed E-state index contributed by atoms with van der Waals surface area (Å²) in [5.41, 5.74) is 0. The molecule has 0 aliphatic carbocycles.